The van der Waals surface area contributed by atoms with Crippen LogP contribution >= 0.6 is 37.2 Å². The van der Waals surface area contributed by atoms with Gasteiger partial charge in [0.1, 0.15) is 12.1 Å². The van der Waals surface area contributed by atoms with Crippen molar-refractivity contribution in [1.82, 2.24) is 25.1 Å². The number of rotatable bonds is 9. The average molecular weight is 651 g/mol. The number of halogens is 3. The lowest BCUT2D eigenvalue weighted by Gasteiger charge is -2.38. The maximum Gasteiger partial charge on any atom is 0.255 e. The van der Waals surface area contributed by atoms with E-state index in [2.05, 4.69) is 32.3 Å². The second-order valence-corrected chi connectivity index (χ2v) is 11.1. The number of carbonyl (C=O) groups is 2. The van der Waals surface area contributed by atoms with Gasteiger partial charge in [0.05, 0.1) is 35.5 Å². The van der Waals surface area contributed by atoms with E-state index in [1.165, 1.54) is 6.33 Å². The molecule has 234 valence electrons. The molecule has 1 N–H and O–H groups in total. The van der Waals surface area contributed by atoms with Crippen molar-refractivity contribution in [3.63, 3.8) is 0 Å². The van der Waals surface area contributed by atoms with Crippen LogP contribution in [0.5, 0.6) is 5.75 Å². The van der Waals surface area contributed by atoms with Gasteiger partial charge < -0.3 is 19.9 Å². The minimum atomic E-state index is -0.238. The normalized spacial score (nSPS) is 16.4. The molecule has 5 rings (SSSR count). The van der Waals surface area contributed by atoms with Crippen molar-refractivity contribution in [2.75, 3.05) is 33.3 Å². The molecule has 2 aliphatic rings. The molecular formula is C32H42Cl3N5O3. The van der Waals surface area contributed by atoms with Crippen LogP contribution < -0.4 is 10.1 Å². The number of benzene rings is 2. The van der Waals surface area contributed by atoms with Crippen LogP contribution in [0, 0.1) is 19.3 Å². The van der Waals surface area contributed by atoms with Gasteiger partial charge in [0.15, 0.2) is 0 Å². The van der Waals surface area contributed by atoms with Crippen LogP contribution in [0.2, 0.25) is 0 Å². The van der Waals surface area contributed by atoms with Crippen molar-refractivity contribution in [3.8, 4) is 5.75 Å². The summed E-state index contributed by atoms with van der Waals surface area (Å²) >= 11 is 0. The monoisotopic (exact) mass is 649 g/mol. The number of likely N-dealkylation sites (tertiary alicyclic amines) is 2. The molecule has 3 heterocycles. The molecule has 2 aromatic carbocycles. The van der Waals surface area contributed by atoms with Crippen molar-refractivity contribution in [1.29, 1.82) is 0 Å². The van der Waals surface area contributed by atoms with Crippen molar-refractivity contribution >= 4 is 49.0 Å². The van der Waals surface area contributed by atoms with Crippen LogP contribution in [-0.2, 0) is 11.3 Å². The van der Waals surface area contributed by atoms with E-state index >= 15 is 0 Å². The summed E-state index contributed by atoms with van der Waals surface area (Å²) in [4.78, 5) is 39.7. The Morgan fingerprint density at radius 1 is 0.930 bits per heavy atom. The fourth-order valence-electron chi connectivity index (χ4n) is 6.13. The van der Waals surface area contributed by atoms with Gasteiger partial charge in [0.25, 0.3) is 5.91 Å². The molecule has 43 heavy (non-hydrogen) atoms. The molecule has 0 saturated carbocycles. The van der Waals surface area contributed by atoms with Gasteiger partial charge in [0.2, 0.25) is 5.91 Å². The summed E-state index contributed by atoms with van der Waals surface area (Å²) in [6, 6.07) is 18.0. The quantitative estimate of drug-likeness (QED) is 0.318. The second kappa shape index (κ2) is 16.2. The molecule has 1 aromatic heterocycles. The second-order valence-electron chi connectivity index (χ2n) is 11.1. The lowest BCUT2D eigenvalue weighted by Crippen LogP contribution is -2.45. The largest absolute Gasteiger partial charge is 0.497 e. The number of nitrogens with one attached hydrogen (secondary N) is 1. The van der Waals surface area contributed by atoms with Crippen LogP contribution in [0.3, 0.4) is 0 Å². The van der Waals surface area contributed by atoms with Crippen molar-refractivity contribution in [2.45, 2.75) is 52.1 Å². The molecule has 0 aliphatic carbocycles. The number of hydrogen-bond donors (Lipinski definition) is 1. The zero-order valence-corrected chi connectivity index (χ0v) is 27.4. The first-order valence-corrected chi connectivity index (χ1v) is 14.2. The number of aryl methyl sites for hydroxylation is 2. The molecule has 8 nitrogen and oxygen atoms in total. The topological polar surface area (TPSA) is 87.7 Å². The number of nitrogens with zero attached hydrogens (tertiary/aromatic N) is 4. The highest BCUT2D eigenvalue weighted by Gasteiger charge is 2.47. The summed E-state index contributed by atoms with van der Waals surface area (Å²) < 4.78 is 5.26. The maximum absolute atomic E-state index is 13.5. The smallest absolute Gasteiger partial charge is 0.255 e. The third kappa shape index (κ3) is 8.38. The van der Waals surface area contributed by atoms with E-state index < -0.39 is 0 Å². The highest BCUT2D eigenvalue weighted by atomic mass is 35.5. The Morgan fingerprint density at radius 2 is 1.53 bits per heavy atom. The molecule has 0 radical (unpaired) electrons. The van der Waals surface area contributed by atoms with E-state index in [9.17, 15) is 9.59 Å². The Hall–Kier alpha value is -2.91. The van der Waals surface area contributed by atoms with E-state index in [0.29, 0.717) is 29.4 Å². The molecule has 2 saturated heterocycles. The zero-order chi connectivity index (χ0) is 28.1. The highest BCUT2D eigenvalue weighted by Crippen LogP contribution is 2.42. The standard InChI is InChI=1S/C32H39N5O3.3ClH/c1-23-29(24(2)34-22-33-23)30(38)35-28(26-7-5-4-6-8-26)13-17-36-18-14-32(15-19-36)16-20-37(31(32)39)21-25-9-11-27(40-3)12-10-25;;;/h4-12,22,28H,13-21H2,1-3H3,(H,35,38);3*1H/t28-;;;/m0.../s1. The fourth-order valence-corrected chi connectivity index (χ4v) is 6.13. The first-order valence-electron chi connectivity index (χ1n) is 14.2. The fraction of sp³-hybridized carbons (Fsp3) is 0.438. The Labute approximate surface area is 273 Å². The zero-order valence-electron chi connectivity index (χ0n) is 25.0. The SMILES string of the molecule is COc1ccc(CN2CCC3(CCN(CC[C@H](NC(=O)c4c(C)ncnc4C)c4ccccc4)CC3)C2=O)cc1.Cl.Cl.Cl. The number of hydrogen-bond acceptors (Lipinski definition) is 6. The summed E-state index contributed by atoms with van der Waals surface area (Å²) in [5, 5.41) is 3.25. The van der Waals surface area contributed by atoms with Crippen LogP contribution in [0.25, 0.3) is 0 Å². The number of methoxy groups -OCH3 is 1. The number of carbonyl (C=O) groups excluding carboxylic acids is 2. The van der Waals surface area contributed by atoms with Gasteiger partial charge in [-0.15, -0.1) is 37.2 Å². The van der Waals surface area contributed by atoms with Crippen LogP contribution in [0.4, 0.5) is 0 Å². The van der Waals surface area contributed by atoms with Gasteiger partial charge in [-0.2, -0.15) is 0 Å². The molecule has 0 bridgehead atoms. The van der Waals surface area contributed by atoms with Crippen LogP contribution in [0.15, 0.2) is 60.9 Å². The molecular weight excluding hydrogens is 609 g/mol. The van der Waals surface area contributed by atoms with Crippen LogP contribution in [0.1, 0.15) is 64.6 Å². The van der Waals surface area contributed by atoms with E-state index in [1.807, 2.05) is 61.2 Å². The molecule has 11 heteroatoms. The Morgan fingerprint density at radius 3 is 2.14 bits per heavy atom. The van der Waals surface area contributed by atoms with Crippen LogP contribution in [-0.4, -0.2) is 64.9 Å². The lowest BCUT2D eigenvalue weighted by atomic mass is 9.77. The average Bonchev–Trinajstić information content (AvgIpc) is 3.26. The lowest BCUT2D eigenvalue weighted by molar-refractivity contribution is -0.138. The van der Waals surface area contributed by atoms with Gasteiger partial charge >= 0.3 is 0 Å². The summed E-state index contributed by atoms with van der Waals surface area (Å²) in [6.07, 6.45) is 4.97. The Kier molecular flexibility index (Phi) is 13.7. The predicted molar refractivity (Wildman–Crippen MR) is 176 cm³/mol. The van der Waals surface area contributed by atoms with E-state index in [-0.39, 0.29) is 54.6 Å². The van der Waals surface area contributed by atoms with E-state index in [0.717, 1.165) is 68.7 Å². The van der Waals surface area contributed by atoms with Gasteiger partial charge in [0, 0.05) is 19.6 Å². The molecule has 2 amide bonds. The third-order valence-electron chi connectivity index (χ3n) is 8.64. The Bertz CT molecular complexity index is 1320. The minimum Gasteiger partial charge on any atom is -0.497 e. The first kappa shape index (κ1) is 36.3. The summed E-state index contributed by atoms with van der Waals surface area (Å²) in [6.45, 7) is 7.78. The number of amides is 2. The van der Waals surface area contributed by atoms with Crippen molar-refractivity contribution in [3.05, 3.63) is 89.0 Å². The first-order chi connectivity index (χ1) is 19.4. The molecule has 0 unspecified atom stereocenters. The molecule has 2 fully saturated rings. The van der Waals surface area contributed by atoms with E-state index in [4.69, 9.17) is 4.74 Å². The number of aromatic nitrogens is 2. The predicted octanol–water partition coefficient (Wildman–Crippen LogP) is 5.74. The summed E-state index contributed by atoms with van der Waals surface area (Å²) in [5.41, 5.74) is 3.88. The summed E-state index contributed by atoms with van der Waals surface area (Å²) in [5.74, 6) is 0.984. The maximum atomic E-state index is 13.5. The van der Waals surface area contributed by atoms with Crippen molar-refractivity contribution in [2.24, 2.45) is 5.41 Å². The van der Waals surface area contributed by atoms with E-state index in [1.54, 1.807) is 7.11 Å². The van der Waals surface area contributed by atoms with Gasteiger partial charge in [-0.1, -0.05) is 42.5 Å². The third-order valence-corrected chi connectivity index (χ3v) is 8.64. The number of ether oxygens (including phenoxy) is 1. The molecule has 1 atom stereocenters. The number of piperidine rings is 1. The van der Waals surface area contributed by atoms with Crippen molar-refractivity contribution < 1.29 is 14.3 Å². The minimum absolute atomic E-state index is 0. The van der Waals surface area contributed by atoms with Gasteiger partial charge in [-0.3, -0.25) is 9.59 Å². The highest BCUT2D eigenvalue weighted by molar-refractivity contribution is 5.96. The van der Waals surface area contributed by atoms with Gasteiger partial charge in [-0.05, 0) is 75.9 Å². The molecule has 3 aromatic rings. The summed E-state index contributed by atoms with van der Waals surface area (Å²) in [7, 11) is 1.66. The molecule has 1 spiro atoms. The molecule has 2 aliphatic heterocycles. The van der Waals surface area contributed by atoms with Gasteiger partial charge in [-0.25, -0.2) is 9.97 Å². The Balaban J connectivity index is 0.00000215.